The van der Waals surface area contributed by atoms with Crippen LogP contribution >= 0.6 is 12.4 Å². The molecular formula is C9H9ClN2O2. The standard InChI is InChI=1S/C9H8N2O2.ClH/c1-13-11-8-3-2-6-10-7(8)4-5-9(11)12;/h2-6H,1H3;1H. The Balaban J connectivity index is 0.000000980. The van der Waals surface area contributed by atoms with E-state index in [0.29, 0.717) is 5.52 Å². The van der Waals surface area contributed by atoms with Crippen LogP contribution in [-0.4, -0.2) is 16.8 Å². The summed E-state index contributed by atoms with van der Waals surface area (Å²) < 4.78 is 1.21. The first-order valence-electron chi connectivity index (χ1n) is 3.84. The number of hydrogen-bond acceptors (Lipinski definition) is 3. The summed E-state index contributed by atoms with van der Waals surface area (Å²) in [5.41, 5.74) is 1.23. The highest BCUT2D eigenvalue weighted by Crippen LogP contribution is 2.05. The second-order valence-electron chi connectivity index (χ2n) is 2.56. The van der Waals surface area contributed by atoms with Gasteiger partial charge in [-0.15, -0.1) is 17.1 Å². The Kier molecular flexibility index (Phi) is 3.09. The van der Waals surface area contributed by atoms with Crippen molar-refractivity contribution in [2.75, 3.05) is 7.11 Å². The second-order valence-corrected chi connectivity index (χ2v) is 2.56. The van der Waals surface area contributed by atoms with Crippen LogP contribution in [0.25, 0.3) is 11.0 Å². The SMILES string of the molecule is COn1c(=O)ccc2ncccc21.Cl. The number of halogens is 1. The molecule has 0 N–H and O–H groups in total. The number of pyridine rings is 2. The minimum Gasteiger partial charge on any atom is -0.413 e. The van der Waals surface area contributed by atoms with Crippen molar-refractivity contribution in [3.8, 4) is 0 Å². The Labute approximate surface area is 86.5 Å². The Morgan fingerprint density at radius 2 is 2.14 bits per heavy atom. The lowest BCUT2D eigenvalue weighted by Gasteiger charge is -2.05. The van der Waals surface area contributed by atoms with Gasteiger partial charge in [0, 0.05) is 12.3 Å². The van der Waals surface area contributed by atoms with Crippen molar-refractivity contribution in [2.24, 2.45) is 0 Å². The summed E-state index contributed by atoms with van der Waals surface area (Å²) in [6.45, 7) is 0. The Bertz CT molecular complexity index is 495. The van der Waals surface area contributed by atoms with Crippen LogP contribution in [0.1, 0.15) is 0 Å². The van der Waals surface area contributed by atoms with Crippen LogP contribution in [0.2, 0.25) is 0 Å². The topological polar surface area (TPSA) is 44.1 Å². The van der Waals surface area contributed by atoms with Crippen LogP contribution in [0.5, 0.6) is 0 Å². The van der Waals surface area contributed by atoms with Crippen molar-refractivity contribution in [3.63, 3.8) is 0 Å². The van der Waals surface area contributed by atoms with Gasteiger partial charge in [-0.3, -0.25) is 9.78 Å². The Morgan fingerprint density at radius 1 is 1.36 bits per heavy atom. The third kappa shape index (κ3) is 1.56. The molecule has 0 aliphatic heterocycles. The van der Waals surface area contributed by atoms with Crippen LogP contribution in [-0.2, 0) is 0 Å². The van der Waals surface area contributed by atoms with Gasteiger partial charge in [-0.2, -0.15) is 0 Å². The first-order chi connectivity index (χ1) is 6.33. The fourth-order valence-corrected chi connectivity index (χ4v) is 1.23. The van der Waals surface area contributed by atoms with Gasteiger partial charge in [0.15, 0.2) is 0 Å². The third-order valence-electron chi connectivity index (χ3n) is 1.80. The number of rotatable bonds is 1. The quantitative estimate of drug-likeness (QED) is 0.705. The molecule has 0 aromatic carbocycles. The maximum absolute atomic E-state index is 11.3. The molecule has 2 rings (SSSR count). The van der Waals surface area contributed by atoms with E-state index in [1.54, 1.807) is 24.4 Å². The lowest BCUT2D eigenvalue weighted by atomic mass is 10.3. The fourth-order valence-electron chi connectivity index (χ4n) is 1.23. The highest BCUT2D eigenvalue weighted by molar-refractivity contribution is 5.85. The molecule has 0 radical (unpaired) electrons. The lowest BCUT2D eigenvalue weighted by Crippen LogP contribution is -2.24. The maximum atomic E-state index is 11.3. The molecular weight excluding hydrogens is 204 g/mol. The first-order valence-corrected chi connectivity index (χ1v) is 3.84. The summed E-state index contributed by atoms with van der Waals surface area (Å²) in [7, 11) is 1.45. The minimum absolute atomic E-state index is 0. The maximum Gasteiger partial charge on any atom is 0.283 e. The lowest BCUT2D eigenvalue weighted by molar-refractivity contribution is 0.169. The van der Waals surface area contributed by atoms with E-state index in [-0.39, 0.29) is 18.0 Å². The van der Waals surface area contributed by atoms with Crippen molar-refractivity contribution in [1.29, 1.82) is 0 Å². The van der Waals surface area contributed by atoms with E-state index in [4.69, 9.17) is 4.84 Å². The molecule has 0 unspecified atom stereocenters. The van der Waals surface area contributed by atoms with E-state index in [1.807, 2.05) is 0 Å². The molecule has 2 aromatic rings. The number of nitrogens with zero attached hydrogens (tertiary/aromatic N) is 2. The largest absolute Gasteiger partial charge is 0.413 e. The van der Waals surface area contributed by atoms with Crippen LogP contribution in [0.15, 0.2) is 35.3 Å². The van der Waals surface area contributed by atoms with Gasteiger partial charge in [0.05, 0.1) is 5.52 Å². The van der Waals surface area contributed by atoms with Gasteiger partial charge in [0.2, 0.25) is 0 Å². The van der Waals surface area contributed by atoms with Crippen LogP contribution < -0.4 is 10.4 Å². The van der Waals surface area contributed by atoms with E-state index in [9.17, 15) is 4.79 Å². The van der Waals surface area contributed by atoms with Gasteiger partial charge >= 0.3 is 0 Å². The zero-order valence-electron chi connectivity index (χ0n) is 7.51. The zero-order chi connectivity index (χ0) is 9.26. The number of fused-ring (bicyclic) bond motifs is 1. The molecule has 0 bridgehead atoms. The van der Waals surface area contributed by atoms with Gasteiger partial charge in [-0.1, -0.05) is 0 Å². The van der Waals surface area contributed by atoms with Gasteiger partial charge in [-0.25, -0.2) is 0 Å². The molecule has 0 saturated carbocycles. The monoisotopic (exact) mass is 212 g/mol. The minimum atomic E-state index is -0.192. The van der Waals surface area contributed by atoms with E-state index in [1.165, 1.54) is 17.9 Å². The summed E-state index contributed by atoms with van der Waals surface area (Å²) in [6.07, 6.45) is 1.67. The molecule has 0 spiro atoms. The average Bonchev–Trinajstić information content (AvgIpc) is 2.18. The molecule has 14 heavy (non-hydrogen) atoms. The third-order valence-corrected chi connectivity index (χ3v) is 1.80. The van der Waals surface area contributed by atoms with Crippen LogP contribution in [0.3, 0.4) is 0 Å². The first kappa shape index (κ1) is 10.5. The van der Waals surface area contributed by atoms with Gasteiger partial charge < -0.3 is 4.84 Å². The van der Waals surface area contributed by atoms with Crippen LogP contribution in [0.4, 0.5) is 0 Å². The van der Waals surface area contributed by atoms with Gasteiger partial charge in [0.1, 0.15) is 12.6 Å². The average molecular weight is 213 g/mol. The molecule has 4 nitrogen and oxygen atoms in total. The molecule has 74 valence electrons. The summed E-state index contributed by atoms with van der Waals surface area (Å²) in [4.78, 5) is 20.3. The smallest absolute Gasteiger partial charge is 0.283 e. The normalized spacial score (nSPS) is 9.50. The molecule has 0 aliphatic carbocycles. The van der Waals surface area contributed by atoms with Crippen molar-refractivity contribution < 1.29 is 4.84 Å². The van der Waals surface area contributed by atoms with E-state index < -0.39 is 0 Å². The molecule has 0 amide bonds. The fraction of sp³-hybridized carbons (Fsp3) is 0.111. The number of aromatic nitrogens is 2. The molecule has 5 heteroatoms. The molecule has 0 atom stereocenters. The van der Waals surface area contributed by atoms with Crippen molar-refractivity contribution in [1.82, 2.24) is 9.71 Å². The van der Waals surface area contributed by atoms with Crippen molar-refractivity contribution in [3.05, 3.63) is 40.8 Å². The molecule has 0 saturated heterocycles. The summed E-state index contributed by atoms with van der Waals surface area (Å²) in [6, 6.07) is 6.65. The van der Waals surface area contributed by atoms with Crippen LogP contribution in [0, 0.1) is 0 Å². The Morgan fingerprint density at radius 3 is 2.86 bits per heavy atom. The highest BCUT2D eigenvalue weighted by Gasteiger charge is 2.01. The highest BCUT2D eigenvalue weighted by atomic mass is 35.5. The molecule has 0 aliphatic rings. The summed E-state index contributed by atoms with van der Waals surface area (Å²) in [5, 5.41) is 0. The molecule has 2 aromatic heterocycles. The molecule has 2 heterocycles. The van der Waals surface area contributed by atoms with E-state index in [2.05, 4.69) is 4.98 Å². The molecule has 0 fully saturated rings. The van der Waals surface area contributed by atoms with E-state index in [0.717, 1.165) is 5.52 Å². The van der Waals surface area contributed by atoms with Gasteiger partial charge in [0.25, 0.3) is 5.56 Å². The Hall–Kier alpha value is -1.55. The summed E-state index contributed by atoms with van der Waals surface area (Å²) in [5.74, 6) is 0. The van der Waals surface area contributed by atoms with Crippen molar-refractivity contribution >= 4 is 23.4 Å². The number of hydrogen-bond donors (Lipinski definition) is 0. The van der Waals surface area contributed by atoms with E-state index >= 15 is 0 Å². The van der Waals surface area contributed by atoms with Crippen molar-refractivity contribution in [2.45, 2.75) is 0 Å². The summed E-state index contributed by atoms with van der Waals surface area (Å²) >= 11 is 0. The van der Waals surface area contributed by atoms with Gasteiger partial charge in [-0.05, 0) is 18.2 Å². The second kappa shape index (κ2) is 4.11. The predicted octanol–water partition coefficient (Wildman–Crippen LogP) is 0.877. The predicted molar refractivity (Wildman–Crippen MR) is 55.8 cm³/mol. The zero-order valence-corrected chi connectivity index (χ0v) is 8.32.